The van der Waals surface area contributed by atoms with E-state index in [2.05, 4.69) is 10.2 Å². The third-order valence-corrected chi connectivity index (χ3v) is 5.82. The SMILES string of the molecule is CCOC(=O)C1C(=O)NC(N2CCN(c3ccc(F)cc3)CC2)=NC1c1ccc(C)cc1. The number of hydrogen-bond acceptors (Lipinski definition) is 6. The van der Waals surface area contributed by atoms with Crippen molar-refractivity contribution in [1.29, 1.82) is 0 Å². The lowest BCUT2D eigenvalue weighted by atomic mass is 9.91. The molecule has 7 nitrogen and oxygen atoms in total. The number of ether oxygens (including phenoxy) is 1. The first-order chi connectivity index (χ1) is 15.5. The number of rotatable bonds is 4. The summed E-state index contributed by atoms with van der Waals surface area (Å²) in [5.41, 5.74) is 2.84. The summed E-state index contributed by atoms with van der Waals surface area (Å²) in [5, 5.41) is 2.82. The average Bonchev–Trinajstić information content (AvgIpc) is 2.80. The fourth-order valence-corrected chi connectivity index (χ4v) is 4.06. The number of benzene rings is 2. The highest BCUT2D eigenvalue weighted by atomic mass is 19.1. The van der Waals surface area contributed by atoms with E-state index in [-0.39, 0.29) is 12.4 Å². The number of nitrogens with one attached hydrogen (secondary N) is 1. The van der Waals surface area contributed by atoms with Crippen LogP contribution in [0, 0.1) is 18.7 Å². The Balaban J connectivity index is 1.55. The van der Waals surface area contributed by atoms with Gasteiger partial charge in [-0.1, -0.05) is 29.8 Å². The van der Waals surface area contributed by atoms with E-state index in [1.807, 2.05) is 36.1 Å². The second-order valence-corrected chi connectivity index (χ2v) is 7.98. The Morgan fingerprint density at radius 1 is 1.06 bits per heavy atom. The molecule has 0 bridgehead atoms. The van der Waals surface area contributed by atoms with Crippen molar-refractivity contribution in [2.24, 2.45) is 10.9 Å². The van der Waals surface area contributed by atoms with Crippen LogP contribution in [0.2, 0.25) is 0 Å². The first-order valence-corrected chi connectivity index (χ1v) is 10.8. The van der Waals surface area contributed by atoms with Crippen LogP contribution in [0.4, 0.5) is 10.1 Å². The standard InChI is InChI=1S/C24H27FN4O3/c1-3-32-23(31)20-21(17-6-4-16(2)5-7-17)26-24(27-22(20)30)29-14-12-28(13-15-29)19-10-8-18(25)9-11-19/h4-11,20-21H,3,12-15H2,1-2H3,(H,26,27,30). The van der Waals surface area contributed by atoms with Gasteiger partial charge in [0.2, 0.25) is 11.9 Å². The van der Waals surface area contributed by atoms with Gasteiger partial charge in [0.15, 0.2) is 5.92 Å². The molecule has 2 atom stereocenters. The summed E-state index contributed by atoms with van der Waals surface area (Å²) in [6.07, 6.45) is 0. The zero-order valence-electron chi connectivity index (χ0n) is 18.3. The van der Waals surface area contributed by atoms with E-state index in [0.29, 0.717) is 32.1 Å². The second kappa shape index (κ2) is 9.38. The largest absolute Gasteiger partial charge is 0.465 e. The summed E-state index contributed by atoms with van der Waals surface area (Å²) in [6, 6.07) is 13.5. The van der Waals surface area contributed by atoms with Gasteiger partial charge in [-0.3, -0.25) is 14.9 Å². The molecule has 0 spiro atoms. The van der Waals surface area contributed by atoms with Gasteiger partial charge in [-0.25, -0.2) is 9.38 Å². The van der Waals surface area contributed by atoms with Crippen molar-refractivity contribution < 1.29 is 18.7 Å². The number of aryl methyl sites for hydroxylation is 1. The van der Waals surface area contributed by atoms with Gasteiger partial charge >= 0.3 is 5.97 Å². The van der Waals surface area contributed by atoms with E-state index >= 15 is 0 Å². The second-order valence-electron chi connectivity index (χ2n) is 7.98. The van der Waals surface area contributed by atoms with E-state index in [4.69, 9.17) is 9.73 Å². The van der Waals surface area contributed by atoms with Crippen molar-refractivity contribution in [2.75, 3.05) is 37.7 Å². The minimum absolute atomic E-state index is 0.200. The average molecular weight is 439 g/mol. The molecular weight excluding hydrogens is 411 g/mol. The van der Waals surface area contributed by atoms with Crippen LogP contribution >= 0.6 is 0 Å². The third kappa shape index (κ3) is 4.59. The third-order valence-electron chi connectivity index (χ3n) is 5.82. The maximum Gasteiger partial charge on any atom is 0.321 e. The Hall–Kier alpha value is -3.42. The molecule has 1 N–H and O–H groups in total. The van der Waals surface area contributed by atoms with Crippen molar-refractivity contribution in [3.63, 3.8) is 0 Å². The van der Waals surface area contributed by atoms with Gasteiger partial charge in [0.1, 0.15) is 11.9 Å². The smallest absolute Gasteiger partial charge is 0.321 e. The van der Waals surface area contributed by atoms with Crippen LogP contribution < -0.4 is 10.2 Å². The number of esters is 1. The lowest BCUT2D eigenvalue weighted by Crippen LogP contribution is -2.57. The number of carbonyl (C=O) groups excluding carboxylic acids is 2. The van der Waals surface area contributed by atoms with Crippen molar-refractivity contribution in [1.82, 2.24) is 10.2 Å². The van der Waals surface area contributed by atoms with Gasteiger partial charge in [0.25, 0.3) is 0 Å². The van der Waals surface area contributed by atoms with Crippen LogP contribution in [0.25, 0.3) is 0 Å². The van der Waals surface area contributed by atoms with Gasteiger partial charge in [-0.05, 0) is 43.7 Å². The molecule has 0 saturated carbocycles. The molecule has 2 aliphatic heterocycles. The molecule has 2 aliphatic rings. The molecular formula is C24H27FN4O3. The van der Waals surface area contributed by atoms with Crippen molar-refractivity contribution in [3.8, 4) is 0 Å². The number of carbonyl (C=O) groups is 2. The van der Waals surface area contributed by atoms with E-state index in [9.17, 15) is 14.0 Å². The molecule has 168 valence electrons. The summed E-state index contributed by atoms with van der Waals surface area (Å²) in [7, 11) is 0. The molecule has 32 heavy (non-hydrogen) atoms. The lowest BCUT2D eigenvalue weighted by Gasteiger charge is -2.39. The normalized spacial score (nSPS) is 21.1. The Morgan fingerprint density at radius 2 is 1.69 bits per heavy atom. The number of guanidine groups is 1. The fourth-order valence-electron chi connectivity index (χ4n) is 4.06. The molecule has 1 fully saturated rings. The minimum Gasteiger partial charge on any atom is -0.465 e. The molecule has 1 amide bonds. The zero-order chi connectivity index (χ0) is 22.7. The molecule has 0 aromatic heterocycles. The van der Waals surface area contributed by atoms with Crippen LogP contribution in [0.3, 0.4) is 0 Å². The van der Waals surface area contributed by atoms with Crippen LogP contribution in [-0.4, -0.2) is 55.5 Å². The lowest BCUT2D eigenvalue weighted by molar-refractivity contribution is -0.153. The Morgan fingerprint density at radius 3 is 2.31 bits per heavy atom. The molecule has 2 aromatic rings. The molecule has 0 aliphatic carbocycles. The van der Waals surface area contributed by atoms with E-state index in [1.165, 1.54) is 12.1 Å². The predicted octanol–water partition coefficient (Wildman–Crippen LogP) is 2.66. The summed E-state index contributed by atoms with van der Waals surface area (Å²) in [5.74, 6) is -1.79. The quantitative estimate of drug-likeness (QED) is 0.587. The van der Waals surface area contributed by atoms with Crippen LogP contribution in [0.5, 0.6) is 0 Å². The number of nitrogens with zero attached hydrogens (tertiary/aromatic N) is 3. The van der Waals surface area contributed by atoms with Crippen LogP contribution in [0.1, 0.15) is 24.1 Å². The fraction of sp³-hybridized carbons (Fsp3) is 0.375. The Kier molecular flexibility index (Phi) is 6.39. The molecule has 2 heterocycles. The predicted molar refractivity (Wildman–Crippen MR) is 120 cm³/mol. The van der Waals surface area contributed by atoms with Gasteiger partial charge in [0, 0.05) is 31.9 Å². The Bertz CT molecular complexity index is 999. The van der Waals surface area contributed by atoms with Crippen molar-refractivity contribution in [2.45, 2.75) is 19.9 Å². The summed E-state index contributed by atoms with van der Waals surface area (Å²) < 4.78 is 18.4. The van der Waals surface area contributed by atoms with Crippen molar-refractivity contribution >= 4 is 23.5 Å². The number of piperazine rings is 1. The summed E-state index contributed by atoms with van der Waals surface area (Å²) in [6.45, 7) is 6.59. The van der Waals surface area contributed by atoms with Crippen LogP contribution in [0.15, 0.2) is 53.5 Å². The van der Waals surface area contributed by atoms with Gasteiger partial charge < -0.3 is 14.5 Å². The number of amides is 1. The highest BCUT2D eigenvalue weighted by Crippen LogP contribution is 2.31. The molecule has 1 saturated heterocycles. The van der Waals surface area contributed by atoms with Gasteiger partial charge in [-0.2, -0.15) is 0 Å². The molecule has 2 aromatic carbocycles. The molecule has 8 heteroatoms. The van der Waals surface area contributed by atoms with Gasteiger partial charge in [0.05, 0.1) is 6.61 Å². The topological polar surface area (TPSA) is 74.2 Å². The number of aliphatic imine (C=N–C) groups is 1. The maximum absolute atomic E-state index is 13.2. The van der Waals surface area contributed by atoms with Gasteiger partial charge in [-0.15, -0.1) is 0 Å². The Labute approximate surface area is 186 Å². The number of hydrogen-bond donors (Lipinski definition) is 1. The zero-order valence-corrected chi connectivity index (χ0v) is 18.3. The van der Waals surface area contributed by atoms with Crippen LogP contribution in [-0.2, 0) is 14.3 Å². The van der Waals surface area contributed by atoms with E-state index in [0.717, 1.165) is 16.8 Å². The number of anilines is 1. The monoisotopic (exact) mass is 438 g/mol. The van der Waals surface area contributed by atoms with E-state index < -0.39 is 23.8 Å². The molecule has 4 rings (SSSR count). The highest BCUT2D eigenvalue weighted by Gasteiger charge is 2.42. The summed E-state index contributed by atoms with van der Waals surface area (Å²) >= 11 is 0. The first-order valence-electron chi connectivity index (χ1n) is 10.8. The number of halogens is 1. The summed E-state index contributed by atoms with van der Waals surface area (Å²) in [4.78, 5) is 34.5. The maximum atomic E-state index is 13.2. The van der Waals surface area contributed by atoms with E-state index in [1.54, 1.807) is 19.1 Å². The van der Waals surface area contributed by atoms with Crippen molar-refractivity contribution in [3.05, 3.63) is 65.5 Å². The molecule has 2 unspecified atom stereocenters. The first kappa shape index (κ1) is 21.8. The molecule has 0 radical (unpaired) electrons. The minimum atomic E-state index is -1.03. The highest BCUT2D eigenvalue weighted by molar-refractivity contribution is 6.08.